The summed E-state index contributed by atoms with van der Waals surface area (Å²) in [6.45, 7) is 27.3. The molecule has 81 heavy (non-hydrogen) atoms. The fourth-order valence-corrected chi connectivity index (χ4v) is 12.2. The van der Waals surface area contributed by atoms with Crippen molar-refractivity contribution in [3.63, 3.8) is 0 Å². The molecule has 10 aromatic carbocycles. The molecule has 1 aromatic heterocycles. The fourth-order valence-electron chi connectivity index (χ4n) is 12.2. The summed E-state index contributed by atoms with van der Waals surface area (Å²) < 4.78 is 14.0. The van der Waals surface area contributed by atoms with Gasteiger partial charge in [0, 0.05) is 39.2 Å². The van der Waals surface area contributed by atoms with Crippen LogP contribution in [0.15, 0.2) is 235 Å². The number of hydrogen-bond donors (Lipinski definition) is 0. The predicted octanol–water partition coefficient (Wildman–Crippen LogP) is 21.9. The molecule has 1 aliphatic rings. The molecule has 404 valence electrons. The second kappa shape index (κ2) is 19.9. The van der Waals surface area contributed by atoms with Crippen molar-refractivity contribution >= 4 is 56.1 Å². The molecule has 12 rings (SSSR count). The topological polar surface area (TPSA) is 28.9 Å². The van der Waals surface area contributed by atoms with Crippen molar-refractivity contribution in [2.24, 2.45) is 0 Å². The maximum absolute atomic E-state index is 7.30. The lowest BCUT2D eigenvalue weighted by Crippen LogP contribution is -2.29. The van der Waals surface area contributed by atoms with Crippen molar-refractivity contribution in [2.45, 2.75) is 110 Å². The Labute approximate surface area is 480 Å². The van der Waals surface area contributed by atoms with Crippen LogP contribution in [-0.4, -0.2) is 0 Å². The van der Waals surface area contributed by atoms with Gasteiger partial charge in [0.15, 0.2) is 5.58 Å². The van der Waals surface area contributed by atoms with Crippen molar-refractivity contribution in [3.05, 3.63) is 275 Å². The van der Waals surface area contributed by atoms with Gasteiger partial charge in [0.2, 0.25) is 0 Å². The van der Waals surface area contributed by atoms with Gasteiger partial charge in [0.05, 0.1) is 11.1 Å². The third kappa shape index (κ3) is 9.59. The number of anilines is 6. The molecular weight excluding hydrogens is 985 g/mol. The van der Waals surface area contributed by atoms with Crippen LogP contribution >= 0.6 is 0 Å². The molecule has 0 fully saturated rings. The van der Waals surface area contributed by atoms with Crippen LogP contribution in [0, 0.1) is 0 Å². The average Bonchev–Trinajstić information content (AvgIpc) is 4.21. The van der Waals surface area contributed by atoms with Gasteiger partial charge < -0.3 is 19.0 Å². The Morgan fingerprint density at radius 1 is 0.358 bits per heavy atom. The highest BCUT2D eigenvalue weighted by Crippen LogP contribution is 2.62. The highest BCUT2D eigenvalue weighted by Gasteiger charge is 2.49. The normalized spacial score (nSPS) is 14.5. The number of hydrogen-bond acceptors (Lipinski definition) is 4. The van der Waals surface area contributed by atoms with E-state index in [1.54, 1.807) is 0 Å². The average molecular weight is 1060 g/mol. The molecule has 0 spiro atoms. The monoisotopic (exact) mass is 1060 g/mol. The van der Waals surface area contributed by atoms with E-state index in [2.05, 4.69) is 323 Å². The molecule has 4 nitrogen and oxygen atoms in total. The Bertz CT molecular complexity index is 4050. The summed E-state index contributed by atoms with van der Waals surface area (Å²) >= 11 is 0. The third-order valence-electron chi connectivity index (χ3n) is 16.6. The maximum atomic E-state index is 7.30. The van der Waals surface area contributed by atoms with Crippen molar-refractivity contribution in [2.75, 3.05) is 9.80 Å². The summed E-state index contributed by atoms with van der Waals surface area (Å²) in [4.78, 5) is 4.82. The van der Waals surface area contributed by atoms with E-state index < -0.39 is 5.41 Å². The van der Waals surface area contributed by atoms with Crippen LogP contribution in [0.3, 0.4) is 0 Å². The van der Waals surface area contributed by atoms with Crippen molar-refractivity contribution in [3.8, 4) is 22.6 Å². The Kier molecular flexibility index (Phi) is 13.0. The Morgan fingerprint density at radius 2 is 0.753 bits per heavy atom. The van der Waals surface area contributed by atoms with E-state index in [-0.39, 0.29) is 21.7 Å². The lowest BCUT2D eigenvalue weighted by molar-refractivity contribution is 0.481. The zero-order valence-electron chi connectivity index (χ0n) is 49.2. The summed E-state index contributed by atoms with van der Waals surface area (Å²) in [7, 11) is 0. The van der Waals surface area contributed by atoms with E-state index in [0.29, 0.717) is 0 Å². The molecule has 0 saturated heterocycles. The smallest absolute Gasteiger partial charge is 0.160 e. The first kappa shape index (κ1) is 53.1. The molecule has 0 aliphatic heterocycles. The number of furan rings is 1. The Morgan fingerprint density at radius 3 is 1.26 bits per heavy atom. The molecule has 0 bridgehead atoms. The fraction of sp³-hybridized carbons (Fsp3) is 0.221. The van der Waals surface area contributed by atoms with Crippen molar-refractivity contribution in [1.82, 2.24) is 0 Å². The molecule has 0 saturated carbocycles. The van der Waals surface area contributed by atoms with Gasteiger partial charge in [-0.3, -0.25) is 0 Å². The van der Waals surface area contributed by atoms with Crippen LogP contribution in [0.5, 0.6) is 11.5 Å². The molecule has 0 radical (unpaired) electrons. The van der Waals surface area contributed by atoms with Crippen LogP contribution in [0.1, 0.15) is 128 Å². The van der Waals surface area contributed by atoms with E-state index in [9.17, 15) is 0 Å². The molecule has 1 heterocycles. The third-order valence-corrected chi connectivity index (χ3v) is 16.6. The second-order valence-corrected chi connectivity index (χ2v) is 26.3. The van der Waals surface area contributed by atoms with E-state index >= 15 is 0 Å². The summed E-state index contributed by atoms with van der Waals surface area (Å²) in [5.41, 5.74) is 19.1. The molecule has 1 aliphatic carbocycles. The van der Waals surface area contributed by atoms with E-state index in [0.717, 1.165) is 84.3 Å². The van der Waals surface area contributed by atoms with Crippen LogP contribution in [-0.2, 0) is 27.1 Å². The van der Waals surface area contributed by atoms with Gasteiger partial charge in [-0.25, -0.2) is 0 Å². The summed E-state index contributed by atoms with van der Waals surface area (Å²) in [6.07, 6.45) is 0. The number of benzene rings is 10. The predicted molar refractivity (Wildman–Crippen MR) is 342 cm³/mol. The number of nitrogens with zero attached hydrogens (tertiary/aromatic N) is 2. The molecule has 1 unspecified atom stereocenters. The largest absolute Gasteiger partial charge is 0.457 e. The molecular formula is C77H74N2O2. The zero-order valence-corrected chi connectivity index (χ0v) is 49.2. The van der Waals surface area contributed by atoms with Crippen LogP contribution in [0.2, 0.25) is 0 Å². The molecule has 1 atom stereocenters. The number of ether oxygens (including phenoxy) is 1. The zero-order chi connectivity index (χ0) is 56.6. The first-order valence-corrected chi connectivity index (χ1v) is 28.7. The van der Waals surface area contributed by atoms with Gasteiger partial charge in [-0.2, -0.15) is 0 Å². The van der Waals surface area contributed by atoms with E-state index in [1.807, 2.05) is 0 Å². The highest BCUT2D eigenvalue weighted by atomic mass is 16.5. The minimum atomic E-state index is -0.873. The van der Waals surface area contributed by atoms with Crippen LogP contribution < -0.4 is 14.5 Å². The highest BCUT2D eigenvalue weighted by molar-refractivity contribution is 6.20. The summed E-state index contributed by atoms with van der Waals surface area (Å²) in [5.74, 6) is 1.57. The summed E-state index contributed by atoms with van der Waals surface area (Å²) in [5, 5.41) is 2.16. The SMILES string of the molecule is CC(C)(C)c1ccc(Oc2ccc(C3(c4ccc(C(C)(C)C)cc4)c4cc(N(c5ccccc5)c5ccc(C(C)(C)C)cc5)ccc4-c4c3cc(N(c3ccccc3)c3ccc(C(C)(C)C)cc3)c3oc5ccccc5c43)cc2)cc1. The quantitative estimate of drug-likeness (QED) is 0.136. The standard InChI is InChI=1S/C77H74N2O2/c1-73(2,3)51-27-29-55(30-28-51)77(56-37-46-63(47-38-56)80-62-44-35-54(36-45-62)76(10,11)12)66-49-61(78(57-21-15-13-16-22-57)59-39-31-52(32-40-59)74(4,5)6)43-48-64(66)70-67(77)50-68(72-71(70)65-25-19-20-26-69(65)81-72)79(58-23-17-14-18-24-58)60-41-33-53(34-42-60)75(7,8)9/h13-50H,1-12H3. The van der Waals surface area contributed by atoms with Gasteiger partial charge in [-0.1, -0.05) is 217 Å². The second-order valence-electron chi connectivity index (χ2n) is 26.3. The first-order chi connectivity index (χ1) is 38.7. The van der Waals surface area contributed by atoms with Gasteiger partial charge in [-0.15, -0.1) is 0 Å². The minimum absolute atomic E-state index is 0.00246. The van der Waals surface area contributed by atoms with E-state index in [4.69, 9.17) is 9.15 Å². The first-order valence-electron chi connectivity index (χ1n) is 28.7. The van der Waals surface area contributed by atoms with Crippen LogP contribution in [0.4, 0.5) is 34.1 Å². The minimum Gasteiger partial charge on any atom is -0.457 e. The van der Waals surface area contributed by atoms with Gasteiger partial charge >= 0.3 is 0 Å². The summed E-state index contributed by atoms with van der Waals surface area (Å²) in [6, 6.07) is 85.0. The lowest BCUT2D eigenvalue weighted by Gasteiger charge is -2.36. The Balaban J connectivity index is 1.19. The molecule has 4 heteroatoms. The van der Waals surface area contributed by atoms with Crippen molar-refractivity contribution < 1.29 is 9.15 Å². The van der Waals surface area contributed by atoms with Crippen molar-refractivity contribution in [1.29, 1.82) is 0 Å². The lowest BCUT2D eigenvalue weighted by atomic mass is 9.67. The van der Waals surface area contributed by atoms with Gasteiger partial charge in [0.25, 0.3) is 0 Å². The van der Waals surface area contributed by atoms with Gasteiger partial charge in [0.1, 0.15) is 17.1 Å². The van der Waals surface area contributed by atoms with E-state index in [1.165, 1.54) is 38.9 Å². The molecule has 0 N–H and O–H groups in total. The number of rotatable bonds is 10. The number of fused-ring (bicyclic) bond motifs is 7. The molecule has 0 amide bonds. The van der Waals surface area contributed by atoms with Crippen LogP contribution in [0.25, 0.3) is 33.1 Å². The Hall–Kier alpha value is -8.60. The number of para-hydroxylation sites is 3. The maximum Gasteiger partial charge on any atom is 0.160 e. The van der Waals surface area contributed by atoms with Gasteiger partial charge in [-0.05, 0) is 174 Å². The molecule has 11 aromatic rings.